The monoisotopic (exact) mass is 306 g/mol. The average Bonchev–Trinajstić information content (AvgIpc) is 2.91. The van der Waals surface area contributed by atoms with Gasteiger partial charge in [-0.25, -0.2) is 4.79 Å². The number of hydrogen-bond acceptors (Lipinski definition) is 4. The summed E-state index contributed by atoms with van der Waals surface area (Å²) in [5, 5.41) is 0. The van der Waals surface area contributed by atoms with Gasteiger partial charge >= 0.3 is 18.1 Å². The maximum atomic E-state index is 13.5. The van der Waals surface area contributed by atoms with Crippen molar-refractivity contribution in [2.75, 3.05) is 6.61 Å². The van der Waals surface area contributed by atoms with Crippen LogP contribution in [0.1, 0.15) is 26.2 Å². The number of esters is 2. The molecule has 0 spiro atoms. The van der Waals surface area contributed by atoms with Crippen molar-refractivity contribution in [1.82, 2.24) is 0 Å². The quantitative estimate of drug-likeness (QED) is 0.592. The van der Waals surface area contributed by atoms with E-state index in [1.165, 1.54) is 0 Å². The molecule has 4 nitrogen and oxygen atoms in total. The molecule has 2 aliphatic rings. The highest BCUT2D eigenvalue weighted by Gasteiger charge is 2.70. The van der Waals surface area contributed by atoms with Crippen LogP contribution in [0, 0.1) is 17.8 Å². The van der Waals surface area contributed by atoms with Crippen molar-refractivity contribution in [3.63, 3.8) is 0 Å². The van der Waals surface area contributed by atoms with E-state index < -0.39 is 35.6 Å². The van der Waals surface area contributed by atoms with Gasteiger partial charge in [0.15, 0.2) is 0 Å². The normalized spacial score (nSPS) is 34.6. The summed E-state index contributed by atoms with van der Waals surface area (Å²) in [5.41, 5.74) is -2.44. The Hall–Kier alpha value is -1.53. The number of alkyl halides is 3. The van der Waals surface area contributed by atoms with Gasteiger partial charge in [0.1, 0.15) is 0 Å². The molecule has 7 heteroatoms. The summed E-state index contributed by atoms with van der Waals surface area (Å²) in [7, 11) is 0. The molecule has 0 saturated heterocycles. The molecule has 4 atom stereocenters. The lowest BCUT2D eigenvalue weighted by Gasteiger charge is -2.41. The third kappa shape index (κ3) is 2.78. The summed E-state index contributed by atoms with van der Waals surface area (Å²) in [6, 6.07) is 0. The number of hydrogen-bond donors (Lipinski definition) is 0. The minimum atomic E-state index is -4.63. The van der Waals surface area contributed by atoms with Gasteiger partial charge in [-0.15, -0.1) is 0 Å². The Labute approximate surface area is 120 Å². The van der Waals surface area contributed by atoms with E-state index in [1.807, 2.05) is 0 Å². The predicted octanol–water partition coefficient (Wildman–Crippen LogP) is 2.63. The first kappa shape index (κ1) is 15.9. The molecule has 2 aliphatic carbocycles. The van der Waals surface area contributed by atoms with Crippen molar-refractivity contribution in [3.05, 3.63) is 12.7 Å². The zero-order chi connectivity index (χ0) is 15.8. The molecule has 2 bridgehead atoms. The second kappa shape index (κ2) is 5.35. The van der Waals surface area contributed by atoms with Crippen LogP contribution in [0.25, 0.3) is 0 Å². The number of carbonyl (C=O) groups is 2. The highest BCUT2D eigenvalue weighted by Crippen LogP contribution is 2.61. The molecule has 0 aromatic rings. The Bertz CT molecular complexity index is 460. The maximum absolute atomic E-state index is 13.5. The van der Waals surface area contributed by atoms with Crippen molar-refractivity contribution in [1.29, 1.82) is 0 Å². The van der Waals surface area contributed by atoms with Crippen molar-refractivity contribution in [2.24, 2.45) is 17.8 Å². The first-order valence-corrected chi connectivity index (χ1v) is 6.75. The molecule has 0 heterocycles. The number of carbonyl (C=O) groups excluding carboxylic acids is 2. The van der Waals surface area contributed by atoms with Crippen LogP contribution in [0.15, 0.2) is 12.7 Å². The van der Waals surface area contributed by atoms with Crippen molar-refractivity contribution in [3.8, 4) is 0 Å². The molecule has 0 radical (unpaired) electrons. The fraction of sp³-hybridized carbons (Fsp3) is 0.714. The first-order chi connectivity index (χ1) is 9.69. The third-order valence-corrected chi connectivity index (χ3v) is 4.40. The fourth-order valence-electron chi connectivity index (χ4n) is 3.75. The Morgan fingerprint density at radius 1 is 1.38 bits per heavy atom. The largest absolute Gasteiger partial charge is 0.462 e. The molecule has 2 fully saturated rings. The summed E-state index contributed by atoms with van der Waals surface area (Å²) < 4.78 is 50.0. The van der Waals surface area contributed by atoms with E-state index >= 15 is 0 Å². The van der Waals surface area contributed by atoms with Crippen LogP contribution in [-0.4, -0.2) is 30.3 Å². The van der Waals surface area contributed by atoms with Gasteiger partial charge in [0.05, 0.1) is 6.61 Å². The van der Waals surface area contributed by atoms with Crippen LogP contribution in [0.2, 0.25) is 0 Å². The second-order valence-corrected chi connectivity index (χ2v) is 5.72. The topological polar surface area (TPSA) is 52.6 Å². The maximum Gasteiger partial charge on any atom is 0.428 e. The number of halogens is 3. The SMILES string of the molecule is C=CC(=O)OCC1CC2CC1C(OC(C)=O)(C(F)(F)F)C2. The van der Waals surface area contributed by atoms with E-state index in [4.69, 9.17) is 9.47 Å². The smallest absolute Gasteiger partial charge is 0.428 e. The summed E-state index contributed by atoms with van der Waals surface area (Å²) in [6.45, 7) is 4.11. The van der Waals surface area contributed by atoms with Crippen LogP contribution >= 0.6 is 0 Å². The summed E-state index contributed by atoms with van der Waals surface area (Å²) >= 11 is 0. The molecule has 2 rings (SSSR count). The number of fused-ring (bicyclic) bond motifs is 2. The van der Waals surface area contributed by atoms with E-state index in [0.717, 1.165) is 13.0 Å². The van der Waals surface area contributed by atoms with Crippen LogP contribution in [0.4, 0.5) is 13.2 Å². The number of rotatable bonds is 4. The second-order valence-electron chi connectivity index (χ2n) is 5.72. The first-order valence-electron chi connectivity index (χ1n) is 6.75. The third-order valence-electron chi connectivity index (χ3n) is 4.40. The van der Waals surface area contributed by atoms with Gasteiger partial charge in [-0.3, -0.25) is 4.79 Å². The molecule has 2 saturated carbocycles. The lowest BCUT2D eigenvalue weighted by Crippen LogP contribution is -2.55. The highest BCUT2D eigenvalue weighted by molar-refractivity contribution is 5.81. The Morgan fingerprint density at radius 3 is 2.52 bits per heavy atom. The van der Waals surface area contributed by atoms with Crippen molar-refractivity contribution >= 4 is 11.9 Å². The molecule has 0 amide bonds. The van der Waals surface area contributed by atoms with E-state index in [2.05, 4.69) is 6.58 Å². The molecule has 118 valence electrons. The van der Waals surface area contributed by atoms with Gasteiger partial charge in [0.25, 0.3) is 0 Å². The molecular formula is C14H17F3O4. The standard InChI is InChI=1S/C14H17F3O4/c1-3-12(19)20-7-10-4-9-5-11(10)13(6-9,14(15,16)17)21-8(2)18/h3,9-11H,1,4-7H2,2H3. The Kier molecular flexibility index (Phi) is 4.04. The molecule has 0 aromatic carbocycles. The predicted molar refractivity (Wildman–Crippen MR) is 66.0 cm³/mol. The Balaban J connectivity index is 2.18. The molecule has 21 heavy (non-hydrogen) atoms. The van der Waals surface area contributed by atoms with Crippen molar-refractivity contribution in [2.45, 2.75) is 38.0 Å². The van der Waals surface area contributed by atoms with E-state index in [9.17, 15) is 22.8 Å². The molecular weight excluding hydrogens is 289 g/mol. The van der Waals surface area contributed by atoms with Crippen LogP contribution in [0.3, 0.4) is 0 Å². The number of ether oxygens (including phenoxy) is 2. The van der Waals surface area contributed by atoms with Gasteiger partial charge < -0.3 is 9.47 Å². The molecule has 0 aromatic heterocycles. The molecule has 0 N–H and O–H groups in total. The lowest BCUT2D eigenvalue weighted by molar-refractivity contribution is -0.290. The van der Waals surface area contributed by atoms with Gasteiger partial charge in [-0.2, -0.15) is 13.2 Å². The minimum absolute atomic E-state index is 0.106. The van der Waals surface area contributed by atoms with E-state index in [-0.39, 0.29) is 18.9 Å². The average molecular weight is 306 g/mol. The van der Waals surface area contributed by atoms with Gasteiger partial charge in [-0.05, 0) is 25.2 Å². The fourth-order valence-corrected chi connectivity index (χ4v) is 3.75. The van der Waals surface area contributed by atoms with Gasteiger partial charge in [0.2, 0.25) is 5.60 Å². The van der Waals surface area contributed by atoms with E-state index in [1.54, 1.807) is 0 Å². The van der Waals surface area contributed by atoms with E-state index in [0.29, 0.717) is 12.8 Å². The lowest BCUT2D eigenvalue weighted by atomic mass is 9.76. The van der Waals surface area contributed by atoms with Crippen LogP contribution in [0.5, 0.6) is 0 Å². The van der Waals surface area contributed by atoms with Gasteiger partial charge in [-0.1, -0.05) is 6.58 Å². The molecule has 0 aliphatic heterocycles. The van der Waals surface area contributed by atoms with Crippen LogP contribution < -0.4 is 0 Å². The minimum Gasteiger partial charge on any atom is -0.462 e. The zero-order valence-electron chi connectivity index (χ0n) is 11.6. The summed E-state index contributed by atoms with van der Waals surface area (Å²) in [4.78, 5) is 22.2. The summed E-state index contributed by atoms with van der Waals surface area (Å²) in [6.07, 6.45) is -2.97. The Morgan fingerprint density at radius 2 is 2.05 bits per heavy atom. The zero-order valence-corrected chi connectivity index (χ0v) is 11.6. The van der Waals surface area contributed by atoms with Gasteiger partial charge in [0, 0.05) is 24.8 Å². The van der Waals surface area contributed by atoms with Crippen LogP contribution in [-0.2, 0) is 19.1 Å². The highest BCUT2D eigenvalue weighted by atomic mass is 19.4. The summed E-state index contributed by atoms with van der Waals surface area (Å²) in [5.74, 6) is -3.08. The van der Waals surface area contributed by atoms with Crippen molar-refractivity contribution < 1.29 is 32.2 Å². The molecule has 4 unspecified atom stereocenters.